The van der Waals surface area contributed by atoms with Crippen LogP contribution in [0.15, 0.2) is 48.0 Å². The summed E-state index contributed by atoms with van der Waals surface area (Å²) in [5, 5.41) is 10.6. The van der Waals surface area contributed by atoms with Crippen LogP contribution >= 0.6 is 11.6 Å². The lowest BCUT2D eigenvalue weighted by Gasteiger charge is -2.48. The summed E-state index contributed by atoms with van der Waals surface area (Å²) in [6.45, 7) is 2.20. The third-order valence-corrected chi connectivity index (χ3v) is 7.81. The molecule has 2 aromatic rings. The number of benzene rings is 2. The lowest BCUT2D eigenvalue weighted by Crippen LogP contribution is -2.42. The summed E-state index contributed by atoms with van der Waals surface area (Å²) in [6, 6.07) is 13.6. The zero-order chi connectivity index (χ0) is 19.5. The number of rotatable bonds is 1. The number of allylic oxidation sites excluding steroid dienone is 1. The first-order valence-corrected chi connectivity index (χ1v) is 10.7. The second kappa shape index (κ2) is 6.49. The predicted octanol–water partition coefficient (Wildman–Crippen LogP) is 6.16. The number of Topliss-reactive ketones (excluding diaryl/α,β-unsaturated/α-hetero) is 1. The van der Waals surface area contributed by atoms with E-state index >= 15 is 0 Å². The van der Waals surface area contributed by atoms with Crippen LogP contribution in [0, 0.1) is 17.3 Å². The molecule has 2 aromatic carbocycles. The Morgan fingerprint density at radius 2 is 1.93 bits per heavy atom. The first-order valence-electron chi connectivity index (χ1n) is 10.3. The van der Waals surface area contributed by atoms with Gasteiger partial charge in [-0.1, -0.05) is 36.7 Å². The van der Waals surface area contributed by atoms with E-state index < -0.39 is 0 Å². The Kier molecular flexibility index (Phi) is 4.17. The third kappa shape index (κ3) is 2.73. The molecule has 0 bridgehead atoms. The van der Waals surface area contributed by atoms with Crippen LogP contribution < -0.4 is 0 Å². The van der Waals surface area contributed by atoms with E-state index in [1.54, 1.807) is 0 Å². The molecule has 3 heteroatoms. The molecular formula is C25H25ClO2. The van der Waals surface area contributed by atoms with Crippen molar-refractivity contribution in [2.75, 3.05) is 0 Å². The maximum absolute atomic E-state index is 13.4. The maximum Gasteiger partial charge on any atom is 0.165 e. The quantitative estimate of drug-likeness (QED) is 0.589. The van der Waals surface area contributed by atoms with Gasteiger partial charge in [-0.05, 0) is 102 Å². The Labute approximate surface area is 171 Å². The Hall–Kier alpha value is -2.06. The van der Waals surface area contributed by atoms with Crippen molar-refractivity contribution < 1.29 is 9.90 Å². The topological polar surface area (TPSA) is 37.3 Å². The molecule has 3 aliphatic rings. The summed E-state index contributed by atoms with van der Waals surface area (Å²) >= 11 is 6.00. The zero-order valence-corrected chi connectivity index (χ0v) is 16.9. The molecule has 0 heterocycles. The first kappa shape index (κ1) is 18.0. The van der Waals surface area contributed by atoms with Gasteiger partial charge in [0.05, 0.1) is 0 Å². The van der Waals surface area contributed by atoms with E-state index in [9.17, 15) is 9.90 Å². The van der Waals surface area contributed by atoms with E-state index in [-0.39, 0.29) is 5.41 Å². The molecule has 144 valence electrons. The predicted molar refractivity (Wildman–Crippen MR) is 113 cm³/mol. The summed E-state index contributed by atoms with van der Waals surface area (Å²) in [6.07, 6.45) is 7.09. The number of phenolic OH excluding ortho intramolecular Hbond substituents is 1. The summed E-state index contributed by atoms with van der Waals surface area (Å²) in [4.78, 5) is 13.4. The number of ketones is 1. The molecule has 0 spiro atoms. The molecule has 0 aliphatic heterocycles. The van der Waals surface area contributed by atoms with E-state index in [1.165, 1.54) is 11.1 Å². The van der Waals surface area contributed by atoms with Crippen molar-refractivity contribution in [1.82, 2.24) is 0 Å². The van der Waals surface area contributed by atoms with Crippen LogP contribution in [0.3, 0.4) is 0 Å². The lowest BCUT2D eigenvalue weighted by atomic mass is 9.55. The minimum Gasteiger partial charge on any atom is -0.508 e. The zero-order valence-electron chi connectivity index (χ0n) is 16.1. The van der Waals surface area contributed by atoms with Crippen LogP contribution in [0.1, 0.15) is 55.2 Å². The Morgan fingerprint density at radius 1 is 1.14 bits per heavy atom. The molecule has 4 atom stereocenters. The smallest absolute Gasteiger partial charge is 0.165 e. The monoisotopic (exact) mass is 392 g/mol. The molecule has 0 saturated heterocycles. The number of fused-ring (bicyclic) bond motifs is 5. The van der Waals surface area contributed by atoms with Crippen LogP contribution in [0.4, 0.5) is 0 Å². The standard InChI is InChI=1S/C25H25ClO2/c1-25-11-10-21-20-9-7-19(27)13-16(20)4-8-22(21)23(25)14-17(24(25)28)12-15-2-5-18(26)6-3-15/h2-3,5-7,9,12-13,21-23,27H,4,8,10-11,14H2,1H3/t21-,22+,23+,25+/m1/s1. The third-order valence-electron chi connectivity index (χ3n) is 7.56. The summed E-state index contributed by atoms with van der Waals surface area (Å²) in [7, 11) is 0. The number of hydrogen-bond donors (Lipinski definition) is 1. The van der Waals surface area contributed by atoms with Gasteiger partial charge < -0.3 is 5.11 Å². The van der Waals surface area contributed by atoms with Gasteiger partial charge >= 0.3 is 0 Å². The van der Waals surface area contributed by atoms with Crippen molar-refractivity contribution in [2.45, 2.75) is 44.9 Å². The molecule has 3 aliphatic carbocycles. The molecule has 0 unspecified atom stereocenters. The van der Waals surface area contributed by atoms with Crippen LogP contribution in [0.2, 0.25) is 5.02 Å². The van der Waals surface area contributed by atoms with E-state index in [2.05, 4.69) is 19.1 Å². The van der Waals surface area contributed by atoms with Gasteiger partial charge in [0, 0.05) is 10.4 Å². The number of hydrogen-bond acceptors (Lipinski definition) is 2. The van der Waals surface area contributed by atoms with Crippen molar-refractivity contribution >= 4 is 23.5 Å². The van der Waals surface area contributed by atoms with Crippen molar-refractivity contribution in [1.29, 1.82) is 0 Å². The number of aromatic hydroxyl groups is 1. The second-order valence-corrected chi connectivity index (χ2v) is 9.45. The summed E-state index contributed by atoms with van der Waals surface area (Å²) in [5.41, 5.74) is 4.50. The highest BCUT2D eigenvalue weighted by Crippen LogP contribution is 2.60. The average Bonchev–Trinajstić information content (AvgIpc) is 2.94. The molecule has 28 heavy (non-hydrogen) atoms. The second-order valence-electron chi connectivity index (χ2n) is 9.01. The van der Waals surface area contributed by atoms with Crippen LogP contribution in [-0.2, 0) is 11.2 Å². The molecule has 2 nitrogen and oxygen atoms in total. The Morgan fingerprint density at radius 3 is 2.71 bits per heavy atom. The van der Waals surface area contributed by atoms with Crippen molar-refractivity contribution in [3.05, 3.63) is 69.8 Å². The van der Waals surface area contributed by atoms with Crippen molar-refractivity contribution in [3.63, 3.8) is 0 Å². The van der Waals surface area contributed by atoms with Crippen LogP contribution in [-0.4, -0.2) is 10.9 Å². The largest absolute Gasteiger partial charge is 0.508 e. The molecular weight excluding hydrogens is 368 g/mol. The van der Waals surface area contributed by atoms with E-state index in [0.29, 0.717) is 29.3 Å². The van der Waals surface area contributed by atoms with Gasteiger partial charge in [-0.2, -0.15) is 0 Å². The maximum atomic E-state index is 13.4. The van der Waals surface area contributed by atoms with Gasteiger partial charge in [-0.15, -0.1) is 0 Å². The molecule has 0 amide bonds. The van der Waals surface area contributed by atoms with E-state index in [4.69, 9.17) is 11.6 Å². The highest BCUT2D eigenvalue weighted by Gasteiger charge is 2.56. The van der Waals surface area contributed by atoms with Gasteiger partial charge in [0.2, 0.25) is 0 Å². The molecule has 2 saturated carbocycles. The molecule has 0 radical (unpaired) electrons. The van der Waals surface area contributed by atoms with Crippen LogP contribution in [0.25, 0.3) is 6.08 Å². The lowest BCUT2D eigenvalue weighted by molar-refractivity contribution is -0.127. The van der Waals surface area contributed by atoms with Gasteiger partial charge in [0.1, 0.15) is 5.75 Å². The van der Waals surface area contributed by atoms with Gasteiger partial charge in [0.15, 0.2) is 5.78 Å². The number of carbonyl (C=O) groups is 1. The fourth-order valence-electron chi connectivity index (χ4n) is 6.13. The normalized spacial score (nSPS) is 32.7. The molecule has 1 N–H and O–H groups in total. The number of halogens is 1. The fraction of sp³-hybridized carbons (Fsp3) is 0.400. The first-order chi connectivity index (χ1) is 13.5. The molecule has 5 rings (SSSR count). The average molecular weight is 393 g/mol. The van der Waals surface area contributed by atoms with Gasteiger partial charge in [-0.3, -0.25) is 4.79 Å². The van der Waals surface area contributed by atoms with E-state index in [1.807, 2.05) is 36.4 Å². The van der Waals surface area contributed by atoms with Crippen molar-refractivity contribution in [3.8, 4) is 5.75 Å². The summed E-state index contributed by atoms with van der Waals surface area (Å²) in [5.74, 6) is 2.20. The van der Waals surface area contributed by atoms with Gasteiger partial charge in [-0.25, -0.2) is 0 Å². The molecule has 2 fully saturated rings. The Bertz CT molecular complexity index is 975. The number of carbonyl (C=O) groups excluding carboxylic acids is 1. The highest BCUT2D eigenvalue weighted by atomic mass is 35.5. The summed E-state index contributed by atoms with van der Waals surface area (Å²) < 4.78 is 0. The fourth-order valence-corrected chi connectivity index (χ4v) is 6.25. The Balaban J connectivity index is 1.48. The van der Waals surface area contributed by atoms with E-state index in [0.717, 1.165) is 48.3 Å². The highest BCUT2D eigenvalue weighted by molar-refractivity contribution is 6.30. The van der Waals surface area contributed by atoms with Crippen molar-refractivity contribution in [2.24, 2.45) is 17.3 Å². The minimum atomic E-state index is -0.228. The van der Waals surface area contributed by atoms with Gasteiger partial charge in [0.25, 0.3) is 0 Å². The number of phenols is 1. The van der Waals surface area contributed by atoms with Crippen LogP contribution in [0.5, 0.6) is 5.75 Å². The minimum absolute atomic E-state index is 0.228. The SMILES string of the molecule is C[C@]12CC[C@@H]3c4ccc(O)cc4CC[C@@H]3[C@@H]1CC(=Cc1ccc(Cl)cc1)C2=O. The molecule has 0 aromatic heterocycles. The number of aryl methyl sites for hydroxylation is 1.